The summed E-state index contributed by atoms with van der Waals surface area (Å²) in [5.74, 6) is 0.170. The Bertz CT molecular complexity index is 294. The lowest BCUT2D eigenvalue weighted by Gasteiger charge is -2.12. The molecule has 3 unspecified atom stereocenters. The van der Waals surface area contributed by atoms with Gasteiger partial charge in [-0.1, -0.05) is 64.0 Å². The molecule has 23 heavy (non-hydrogen) atoms. The number of carbonyl (C=O) groups is 1. The Morgan fingerprint density at radius 1 is 1.00 bits per heavy atom. The van der Waals surface area contributed by atoms with E-state index < -0.39 is 12.1 Å². The third-order valence-electron chi connectivity index (χ3n) is 4.30. The van der Waals surface area contributed by atoms with Gasteiger partial charge in [-0.2, -0.15) is 0 Å². The molecule has 0 aromatic heterocycles. The van der Waals surface area contributed by atoms with Crippen LogP contribution in [0.25, 0.3) is 0 Å². The fourth-order valence-corrected chi connectivity index (χ4v) is 2.63. The summed E-state index contributed by atoms with van der Waals surface area (Å²) in [5, 5.41) is 18.4. The second-order valence-corrected chi connectivity index (χ2v) is 6.50. The molecule has 0 heterocycles. The molecule has 0 fully saturated rings. The normalized spacial score (nSPS) is 15.7. The number of unbranched alkanes of at least 4 members (excludes halogenated alkanes) is 7. The maximum atomic E-state index is 11.1. The fourth-order valence-electron chi connectivity index (χ4n) is 2.63. The average Bonchev–Trinajstić information content (AvgIpc) is 2.57. The lowest BCUT2D eigenvalue weighted by molar-refractivity contribution is -0.111. The Hall–Kier alpha value is -0.710. The standard InChI is InChI=1S/C19H37NO3/c1-2-3-4-5-6-7-9-12-17(15-21)13-10-8-11-14-19(23)18(20)16-22/h11,14-15,17-19,22-23H,2-10,12-13,16,20H2,1H3/b14-11+. The Balaban J connectivity index is 3.62. The van der Waals surface area contributed by atoms with Crippen LogP contribution in [0, 0.1) is 5.92 Å². The summed E-state index contributed by atoms with van der Waals surface area (Å²) in [4.78, 5) is 11.1. The first-order valence-corrected chi connectivity index (χ1v) is 9.32. The van der Waals surface area contributed by atoms with Gasteiger partial charge in [-0.15, -0.1) is 0 Å². The molecule has 136 valence electrons. The molecule has 0 bridgehead atoms. The van der Waals surface area contributed by atoms with Crippen LogP contribution < -0.4 is 5.73 Å². The zero-order valence-corrected chi connectivity index (χ0v) is 14.8. The number of aliphatic hydroxyl groups is 2. The van der Waals surface area contributed by atoms with Crippen LogP contribution in [0.4, 0.5) is 0 Å². The summed E-state index contributed by atoms with van der Waals surface area (Å²) in [5.41, 5.74) is 5.51. The van der Waals surface area contributed by atoms with Crippen molar-refractivity contribution in [2.24, 2.45) is 11.7 Å². The van der Waals surface area contributed by atoms with Gasteiger partial charge in [0.05, 0.1) is 18.8 Å². The van der Waals surface area contributed by atoms with Gasteiger partial charge in [0.2, 0.25) is 0 Å². The molecule has 0 amide bonds. The number of aliphatic hydroxyl groups excluding tert-OH is 2. The van der Waals surface area contributed by atoms with Crippen molar-refractivity contribution in [3.63, 3.8) is 0 Å². The molecule has 0 aliphatic carbocycles. The third kappa shape index (κ3) is 13.4. The van der Waals surface area contributed by atoms with Crippen LogP contribution in [-0.4, -0.2) is 35.3 Å². The Kier molecular flexibility index (Phi) is 15.7. The minimum Gasteiger partial charge on any atom is -0.395 e. The molecule has 0 saturated carbocycles. The molecule has 0 saturated heterocycles. The maximum absolute atomic E-state index is 11.1. The van der Waals surface area contributed by atoms with Crippen molar-refractivity contribution >= 4 is 6.29 Å². The molecule has 3 atom stereocenters. The number of carbonyl (C=O) groups excluding carboxylic acids is 1. The molecule has 0 rings (SSSR count). The number of rotatable bonds is 16. The molecule has 0 aliphatic rings. The highest BCUT2D eigenvalue weighted by atomic mass is 16.3. The first-order valence-electron chi connectivity index (χ1n) is 9.32. The van der Waals surface area contributed by atoms with Crippen molar-refractivity contribution in [2.75, 3.05) is 6.61 Å². The summed E-state index contributed by atoms with van der Waals surface area (Å²) in [6.45, 7) is 2.00. The Morgan fingerprint density at radius 3 is 2.22 bits per heavy atom. The minimum absolute atomic E-state index is 0.170. The van der Waals surface area contributed by atoms with Gasteiger partial charge in [-0.3, -0.25) is 0 Å². The summed E-state index contributed by atoms with van der Waals surface area (Å²) < 4.78 is 0. The van der Waals surface area contributed by atoms with E-state index in [0.29, 0.717) is 0 Å². The summed E-state index contributed by atoms with van der Waals surface area (Å²) in [7, 11) is 0. The molecule has 4 nitrogen and oxygen atoms in total. The van der Waals surface area contributed by atoms with E-state index in [2.05, 4.69) is 6.92 Å². The van der Waals surface area contributed by atoms with Crippen molar-refractivity contribution < 1.29 is 15.0 Å². The number of hydrogen-bond acceptors (Lipinski definition) is 4. The van der Waals surface area contributed by atoms with Gasteiger partial charge >= 0.3 is 0 Å². The fraction of sp³-hybridized carbons (Fsp3) is 0.842. The number of allylic oxidation sites excluding steroid dienone is 1. The third-order valence-corrected chi connectivity index (χ3v) is 4.30. The van der Waals surface area contributed by atoms with E-state index in [4.69, 9.17) is 10.8 Å². The quantitative estimate of drug-likeness (QED) is 0.231. The van der Waals surface area contributed by atoms with Crippen LogP contribution in [0.2, 0.25) is 0 Å². The monoisotopic (exact) mass is 327 g/mol. The van der Waals surface area contributed by atoms with Crippen molar-refractivity contribution in [3.05, 3.63) is 12.2 Å². The Morgan fingerprint density at radius 2 is 1.61 bits per heavy atom. The highest BCUT2D eigenvalue weighted by Gasteiger charge is 2.09. The minimum atomic E-state index is -0.797. The van der Waals surface area contributed by atoms with Crippen LogP contribution in [0.1, 0.15) is 77.6 Å². The average molecular weight is 328 g/mol. The molecule has 0 aromatic carbocycles. The lowest BCUT2D eigenvalue weighted by atomic mass is 9.96. The van der Waals surface area contributed by atoms with E-state index in [0.717, 1.165) is 38.4 Å². The van der Waals surface area contributed by atoms with Gasteiger partial charge in [0.15, 0.2) is 0 Å². The van der Waals surface area contributed by atoms with Crippen LogP contribution in [0.15, 0.2) is 12.2 Å². The highest BCUT2D eigenvalue weighted by Crippen LogP contribution is 2.16. The number of nitrogens with two attached hydrogens (primary N) is 1. The van der Waals surface area contributed by atoms with Crippen LogP contribution in [-0.2, 0) is 4.79 Å². The van der Waals surface area contributed by atoms with Crippen LogP contribution >= 0.6 is 0 Å². The van der Waals surface area contributed by atoms with Gasteiger partial charge in [0.25, 0.3) is 0 Å². The first kappa shape index (κ1) is 22.3. The second-order valence-electron chi connectivity index (χ2n) is 6.50. The van der Waals surface area contributed by atoms with Gasteiger partial charge in [0, 0.05) is 5.92 Å². The smallest absolute Gasteiger partial charge is 0.123 e. The van der Waals surface area contributed by atoms with E-state index in [1.165, 1.54) is 38.5 Å². The second kappa shape index (κ2) is 16.2. The SMILES string of the molecule is CCCCCCCCCC(C=O)CCC/C=C/C(O)C(N)CO. The van der Waals surface area contributed by atoms with E-state index in [1.807, 2.05) is 6.08 Å². The van der Waals surface area contributed by atoms with E-state index >= 15 is 0 Å². The largest absolute Gasteiger partial charge is 0.395 e. The van der Waals surface area contributed by atoms with Gasteiger partial charge < -0.3 is 20.7 Å². The summed E-state index contributed by atoms with van der Waals surface area (Å²) in [6.07, 6.45) is 16.4. The molecule has 0 aromatic rings. The highest BCUT2D eigenvalue weighted by molar-refractivity contribution is 5.53. The number of aldehydes is 1. The summed E-state index contributed by atoms with van der Waals surface area (Å²) in [6, 6.07) is -0.619. The lowest BCUT2D eigenvalue weighted by Crippen LogP contribution is -2.36. The molecule has 0 aliphatic heterocycles. The van der Waals surface area contributed by atoms with E-state index in [-0.39, 0.29) is 12.5 Å². The molecule has 4 heteroatoms. The first-order chi connectivity index (χ1) is 11.2. The van der Waals surface area contributed by atoms with E-state index in [1.54, 1.807) is 6.08 Å². The zero-order chi connectivity index (χ0) is 17.3. The van der Waals surface area contributed by atoms with Crippen molar-refractivity contribution in [1.29, 1.82) is 0 Å². The van der Waals surface area contributed by atoms with Crippen LogP contribution in [0.3, 0.4) is 0 Å². The van der Waals surface area contributed by atoms with Crippen molar-refractivity contribution in [3.8, 4) is 0 Å². The molecule has 4 N–H and O–H groups in total. The molecular weight excluding hydrogens is 290 g/mol. The molecular formula is C19H37NO3. The maximum Gasteiger partial charge on any atom is 0.123 e. The predicted molar refractivity (Wildman–Crippen MR) is 96.2 cm³/mol. The predicted octanol–water partition coefficient (Wildman–Crippen LogP) is 3.35. The van der Waals surface area contributed by atoms with Gasteiger partial charge in [0.1, 0.15) is 6.29 Å². The molecule has 0 spiro atoms. The summed E-state index contributed by atoms with van der Waals surface area (Å²) >= 11 is 0. The van der Waals surface area contributed by atoms with Crippen molar-refractivity contribution in [1.82, 2.24) is 0 Å². The van der Waals surface area contributed by atoms with E-state index in [9.17, 15) is 9.90 Å². The number of hydrogen-bond donors (Lipinski definition) is 3. The van der Waals surface area contributed by atoms with Crippen molar-refractivity contribution in [2.45, 2.75) is 89.7 Å². The van der Waals surface area contributed by atoms with Crippen LogP contribution in [0.5, 0.6) is 0 Å². The zero-order valence-electron chi connectivity index (χ0n) is 14.8. The molecule has 0 radical (unpaired) electrons. The van der Waals surface area contributed by atoms with Gasteiger partial charge in [-0.25, -0.2) is 0 Å². The topological polar surface area (TPSA) is 83.5 Å². The van der Waals surface area contributed by atoms with Gasteiger partial charge in [-0.05, 0) is 25.7 Å². The Labute approximate surface area is 142 Å².